The Hall–Kier alpha value is -2.43. The van der Waals surface area contributed by atoms with Gasteiger partial charge in [0.2, 0.25) is 5.91 Å². The van der Waals surface area contributed by atoms with E-state index in [4.69, 9.17) is 4.74 Å². The molecule has 2 heterocycles. The number of benzene rings is 1. The molecule has 0 fully saturated rings. The number of rotatable bonds is 3. The number of nitrogens with zero attached hydrogens (tertiary/aromatic N) is 3. The monoisotopic (exact) mass is 325 g/mol. The van der Waals surface area contributed by atoms with E-state index in [1.807, 2.05) is 24.0 Å². The number of fused-ring (bicyclic) bond motifs is 1. The molecule has 3 rings (SSSR count). The minimum atomic E-state index is 0.0622. The number of ether oxygens (including phenoxy) is 1. The molecule has 1 aromatic heterocycles. The van der Waals surface area contributed by atoms with E-state index in [1.54, 1.807) is 12.4 Å². The van der Waals surface area contributed by atoms with Crippen LogP contribution in [0.5, 0.6) is 5.75 Å². The maximum atomic E-state index is 12.6. The van der Waals surface area contributed by atoms with Crippen LogP contribution in [0.1, 0.15) is 32.8 Å². The summed E-state index contributed by atoms with van der Waals surface area (Å²) in [6, 6.07) is 6.11. The Morgan fingerprint density at radius 1 is 1.29 bits per heavy atom. The summed E-state index contributed by atoms with van der Waals surface area (Å²) in [7, 11) is 0. The molecule has 1 atom stereocenters. The van der Waals surface area contributed by atoms with Crippen molar-refractivity contribution in [3.05, 3.63) is 42.5 Å². The first-order valence-corrected chi connectivity index (χ1v) is 8.35. The van der Waals surface area contributed by atoms with Gasteiger partial charge in [-0.3, -0.25) is 4.79 Å². The number of aromatic nitrogens is 2. The lowest BCUT2D eigenvalue weighted by atomic mass is 10.0. The predicted molar refractivity (Wildman–Crippen MR) is 92.4 cm³/mol. The minimum Gasteiger partial charge on any atom is -0.491 e. The lowest BCUT2D eigenvalue weighted by molar-refractivity contribution is -0.135. The van der Waals surface area contributed by atoms with Gasteiger partial charge >= 0.3 is 0 Å². The molecule has 1 aliphatic rings. The van der Waals surface area contributed by atoms with E-state index in [2.05, 4.69) is 29.9 Å². The fourth-order valence-corrected chi connectivity index (χ4v) is 2.91. The van der Waals surface area contributed by atoms with Crippen LogP contribution in [0, 0.1) is 5.92 Å². The van der Waals surface area contributed by atoms with E-state index < -0.39 is 0 Å². The number of carbonyl (C=O) groups excluding carboxylic acids is 1. The summed E-state index contributed by atoms with van der Waals surface area (Å²) in [6.07, 6.45) is 5.66. The SMILES string of the molecule is CC(C)CC(=O)N1Cc2cc(-c3cncnc3)ccc2OC[C@H]1C. The van der Waals surface area contributed by atoms with Gasteiger partial charge in [-0.15, -0.1) is 0 Å². The molecule has 0 bridgehead atoms. The van der Waals surface area contributed by atoms with Crippen molar-refractivity contribution in [3.8, 4) is 16.9 Å². The zero-order valence-corrected chi connectivity index (χ0v) is 14.4. The molecular formula is C19H23N3O2. The van der Waals surface area contributed by atoms with Gasteiger partial charge in [0.05, 0.1) is 6.04 Å². The van der Waals surface area contributed by atoms with Crippen LogP contribution in [0.15, 0.2) is 36.9 Å². The van der Waals surface area contributed by atoms with Crippen LogP contribution in [0.3, 0.4) is 0 Å². The second-order valence-corrected chi connectivity index (χ2v) is 6.73. The zero-order valence-electron chi connectivity index (χ0n) is 14.4. The van der Waals surface area contributed by atoms with Gasteiger partial charge in [0.15, 0.2) is 0 Å². The standard InChI is InChI=1S/C19H23N3O2/c1-13(2)6-19(23)22-10-16-7-15(17-8-20-12-21-9-17)4-5-18(16)24-11-14(22)3/h4-5,7-9,12-14H,6,10-11H2,1-3H3/t14-/m1/s1. The Morgan fingerprint density at radius 3 is 2.75 bits per heavy atom. The van der Waals surface area contributed by atoms with Crippen LogP contribution in [-0.2, 0) is 11.3 Å². The Labute approximate surface area is 142 Å². The highest BCUT2D eigenvalue weighted by molar-refractivity contribution is 5.77. The van der Waals surface area contributed by atoms with Crippen LogP contribution >= 0.6 is 0 Å². The number of carbonyl (C=O) groups is 1. The van der Waals surface area contributed by atoms with Gasteiger partial charge in [0.1, 0.15) is 18.7 Å². The molecule has 0 spiro atoms. The summed E-state index contributed by atoms with van der Waals surface area (Å²) >= 11 is 0. The smallest absolute Gasteiger partial charge is 0.223 e. The van der Waals surface area contributed by atoms with Crippen molar-refractivity contribution in [3.63, 3.8) is 0 Å². The summed E-state index contributed by atoms with van der Waals surface area (Å²) in [5.41, 5.74) is 3.01. The molecule has 0 radical (unpaired) electrons. The highest BCUT2D eigenvalue weighted by Gasteiger charge is 2.26. The topological polar surface area (TPSA) is 55.3 Å². The van der Waals surface area contributed by atoms with Gasteiger partial charge in [-0.2, -0.15) is 0 Å². The lowest BCUT2D eigenvalue weighted by Crippen LogP contribution is -2.40. The molecule has 2 aromatic rings. The van der Waals surface area contributed by atoms with Crippen molar-refractivity contribution < 1.29 is 9.53 Å². The average Bonchev–Trinajstić information content (AvgIpc) is 2.74. The molecule has 126 valence electrons. The molecule has 5 heteroatoms. The molecular weight excluding hydrogens is 302 g/mol. The summed E-state index contributed by atoms with van der Waals surface area (Å²) < 4.78 is 5.91. The first-order chi connectivity index (χ1) is 11.5. The Morgan fingerprint density at radius 2 is 2.04 bits per heavy atom. The van der Waals surface area contributed by atoms with E-state index in [9.17, 15) is 4.79 Å². The Balaban J connectivity index is 1.90. The van der Waals surface area contributed by atoms with Crippen LogP contribution < -0.4 is 4.74 Å². The largest absolute Gasteiger partial charge is 0.491 e. The second kappa shape index (κ2) is 6.99. The van der Waals surface area contributed by atoms with Crippen molar-refractivity contribution in [2.75, 3.05) is 6.61 Å². The normalized spacial score (nSPS) is 17.2. The van der Waals surface area contributed by atoms with Crippen LogP contribution in [0.4, 0.5) is 0 Å². The highest BCUT2D eigenvalue weighted by Crippen LogP contribution is 2.30. The number of hydrogen-bond acceptors (Lipinski definition) is 4. The van der Waals surface area contributed by atoms with Crippen molar-refractivity contribution in [2.24, 2.45) is 5.92 Å². The molecule has 0 saturated carbocycles. The van der Waals surface area contributed by atoms with E-state index in [1.165, 1.54) is 6.33 Å². The summed E-state index contributed by atoms with van der Waals surface area (Å²) in [4.78, 5) is 22.7. The van der Waals surface area contributed by atoms with Crippen LogP contribution in [0.2, 0.25) is 0 Å². The third-order valence-electron chi connectivity index (χ3n) is 4.21. The van der Waals surface area contributed by atoms with E-state index in [0.29, 0.717) is 25.5 Å². The van der Waals surface area contributed by atoms with E-state index in [0.717, 1.165) is 22.4 Å². The fraction of sp³-hybridized carbons (Fsp3) is 0.421. The van der Waals surface area contributed by atoms with E-state index >= 15 is 0 Å². The van der Waals surface area contributed by atoms with Crippen molar-refractivity contribution in [1.82, 2.24) is 14.9 Å². The maximum absolute atomic E-state index is 12.6. The summed E-state index contributed by atoms with van der Waals surface area (Å²) in [5.74, 6) is 1.38. The first-order valence-electron chi connectivity index (χ1n) is 8.35. The van der Waals surface area contributed by atoms with Crippen LogP contribution in [-0.4, -0.2) is 33.4 Å². The van der Waals surface area contributed by atoms with Crippen molar-refractivity contribution in [1.29, 1.82) is 0 Å². The second-order valence-electron chi connectivity index (χ2n) is 6.73. The molecule has 0 unspecified atom stereocenters. The Bertz CT molecular complexity index is 716. The van der Waals surface area contributed by atoms with Gasteiger partial charge < -0.3 is 9.64 Å². The molecule has 1 amide bonds. The molecule has 0 aliphatic carbocycles. The average molecular weight is 325 g/mol. The molecule has 0 saturated heterocycles. The molecule has 24 heavy (non-hydrogen) atoms. The highest BCUT2D eigenvalue weighted by atomic mass is 16.5. The first kappa shape index (κ1) is 16.4. The van der Waals surface area contributed by atoms with Gasteiger partial charge in [-0.05, 0) is 30.5 Å². The zero-order chi connectivity index (χ0) is 17.1. The van der Waals surface area contributed by atoms with Gasteiger partial charge in [0, 0.05) is 36.5 Å². The third kappa shape index (κ3) is 3.55. The quantitative estimate of drug-likeness (QED) is 0.869. The van der Waals surface area contributed by atoms with Crippen molar-refractivity contribution in [2.45, 2.75) is 39.8 Å². The number of amides is 1. The minimum absolute atomic E-state index is 0.0622. The van der Waals surface area contributed by atoms with Crippen LogP contribution in [0.25, 0.3) is 11.1 Å². The molecule has 1 aliphatic heterocycles. The molecule has 1 aromatic carbocycles. The molecule has 5 nitrogen and oxygen atoms in total. The maximum Gasteiger partial charge on any atom is 0.223 e. The van der Waals surface area contributed by atoms with Crippen molar-refractivity contribution >= 4 is 5.91 Å². The van der Waals surface area contributed by atoms with Gasteiger partial charge in [0.25, 0.3) is 0 Å². The fourth-order valence-electron chi connectivity index (χ4n) is 2.91. The lowest BCUT2D eigenvalue weighted by Gasteiger charge is -2.27. The third-order valence-corrected chi connectivity index (χ3v) is 4.21. The van der Waals surface area contributed by atoms with E-state index in [-0.39, 0.29) is 11.9 Å². The van der Waals surface area contributed by atoms with Gasteiger partial charge in [-0.1, -0.05) is 19.9 Å². The molecule has 0 N–H and O–H groups in total. The van der Waals surface area contributed by atoms with Gasteiger partial charge in [-0.25, -0.2) is 9.97 Å². The predicted octanol–water partition coefficient (Wildman–Crippen LogP) is 3.30. The Kier molecular flexibility index (Phi) is 4.79. The summed E-state index contributed by atoms with van der Waals surface area (Å²) in [5, 5.41) is 0. The summed E-state index contributed by atoms with van der Waals surface area (Å²) in [6.45, 7) is 7.26. The number of hydrogen-bond donors (Lipinski definition) is 0.